The van der Waals surface area contributed by atoms with Gasteiger partial charge in [-0.1, -0.05) is 40.9 Å². The average molecular weight is 326 g/mol. The van der Waals surface area contributed by atoms with Gasteiger partial charge in [-0.2, -0.15) is 0 Å². The van der Waals surface area contributed by atoms with Gasteiger partial charge in [0.15, 0.2) is 0 Å². The molecule has 0 aliphatic carbocycles. The molecule has 0 atom stereocenters. The summed E-state index contributed by atoms with van der Waals surface area (Å²) in [4.78, 5) is 0. The molecule has 0 spiro atoms. The van der Waals surface area contributed by atoms with Crippen molar-refractivity contribution in [2.45, 2.75) is 26.9 Å². The third kappa shape index (κ3) is 3.82. The van der Waals surface area contributed by atoms with Crippen LogP contribution in [0.1, 0.15) is 22.3 Å². The maximum absolute atomic E-state index is 10.0. The highest BCUT2D eigenvalue weighted by Gasteiger charge is 2.09. The van der Waals surface area contributed by atoms with Crippen molar-refractivity contribution in [2.75, 3.05) is 0 Å². The van der Waals surface area contributed by atoms with Gasteiger partial charge in [-0.3, -0.25) is 0 Å². The third-order valence-electron chi connectivity index (χ3n) is 3.26. The second-order valence-corrected chi connectivity index (χ2v) is 5.93. The Kier molecular flexibility index (Phi) is 4.99. The quantitative estimate of drug-likeness (QED) is 0.785. The van der Waals surface area contributed by atoms with Crippen LogP contribution in [0.15, 0.2) is 24.3 Å². The Morgan fingerprint density at radius 1 is 0.905 bits per heavy atom. The first-order valence-electron chi connectivity index (χ1n) is 6.55. The zero-order valence-corrected chi connectivity index (χ0v) is 13.4. The number of aromatic hydroxyl groups is 2. The van der Waals surface area contributed by atoms with Crippen LogP contribution < -0.4 is 5.32 Å². The van der Waals surface area contributed by atoms with Gasteiger partial charge in [-0.25, -0.2) is 0 Å². The van der Waals surface area contributed by atoms with E-state index in [1.807, 2.05) is 26.0 Å². The Hall–Kier alpha value is -1.42. The predicted octanol–water partition coefficient (Wildman–Crippen LogP) is 4.31. The molecule has 3 N–H and O–H groups in total. The van der Waals surface area contributed by atoms with Crippen molar-refractivity contribution in [3.05, 3.63) is 56.6 Å². The fourth-order valence-electron chi connectivity index (χ4n) is 2.27. The van der Waals surface area contributed by atoms with Crippen molar-refractivity contribution in [1.82, 2.24) is 5.32 Å². The second-order valence-electron chi connectivity index (χ2n) is 5.09. The van der Waals surface area contributed by atoms with Gasteiger partial charge in [0.05, 0.1) is 5.02 Å². The molecule has 112 valence electrons. The van der Waals surface area contributed by atoms with E-state index in [2.05, 4.69) is 5.32 Å². The maximum Gasteiger partial charge on any atom is 0.138 e. The van der Waals surface area contributed by atoms with Gasteiger partial charge < -0.3 is 15.5 Å². The molecule has 2 aromatic rings. The molecule has 3 nitrogen and oxygen atoms in total. The Morgan fingerprint density at radius 2 is 1.52 bits per heavy atom. The SMILES string of the molecule is Cc1cc(C)c(O)c(CNCc2cc(Cl)cc(Cl)c2O)c1. The molecule has 0 aromatic heterocycles. The number of hydrogen-bond acceptors (Lipinski definition) is 3. The molecule has 0 heterocycles. The summed E-state index contributed by atoms with van der Waals surface area (Å²) in [5.41, 5.74) is 3.38. The average Bonchev–Trinajstić information content (AvgIpc) is 2.40. The molecule has 2 rings (SSSR count). The van der Waals surface area contributed by atoms with Crippen LogP contribution in [0.5, 0.6) is 11.5 Å². The van der Waals surface area contributed by atoms with Crippen molar-refractivity contribution in [1.29, 1.82) is 0 Å². The summed E-state index contributed by atoms with van der Waals surface area (Å²) in [5, 5.41) is 23.8. The summed E-state index contributed by atoms with van der Waals surface area (Å²) >= 11 is 11.8. The lowest BCUT2D eigenvalue weighted by molar-refractivity contribution is 0.456. The summed E-state index contributed by atoms with van der Waals surface area (Å²) in [5.74, 6) is 0.319. The lowest BCUT2D eigenvalue weighted by atomic mass is 10.1. The molecule has 0 radical (unpaired) electrons. The Labute approximate surface area is 134 Å². The first kappa shape index (κ1) is 16.0. The van der Waals surface area contributed by atoms with Crippen LogP contribution in [0.25, 0.3) is 0 Å². The van der Waals surface area contributed by atoms with Crippen LogP contribution in [0, 0.1) is 13.8 Å². The van der Waals surface area contributed by atoms with Gasteiger partial charge in [0.2, 0.25) is 0 Å². The minimum Gasteiger partial charge on any atom is -0.507 e. The molecule has 21 heavy (non-hydrogen) atoms. The zero-order valence-electron chi connectivity index (χ0n) is 11.9. The van der Waals surface area contributed by atoms with Gasteiger partial charge in [0.1, 0.15) is 11.5 Å². The molecular formula is C16H17Cl2NO2. The van der Waals surface area contributed by atoms with E-state index in [0.29, 0.717) is 29.4 Å². The molecule has 0 saturated heterocycles. The highest BCUT2D eigenvalue weighted by molar-refractivity contribution is 6.35. The van der Waals surface area contributed by atoms with Crippen LogP contribution in [-0.2, 0) is 13.1 Å². The van der Waals surface area contributed by atoms with Crippen molar-refractivity contribution in [3.63, 3.8) is 0 Å². The summed E-state index contributed by atoms with van der Waals surface area (Å²) in [6.45, 7) is 4.74. The van der Waals surface area contributed by atoms with E-state index in [-0.39, 0.29) is 10.8 Å². The number of phenolic OH excluding ortho intramolecular Hbond substituents is 2. The molecule has 0 amide bonds. The van der Waals surface area contributed by atoms with E-state index in [1.54, 1.807) is 6.07 Å². The molecule has 5 heteroatoms. The Morgan fingerprint density at radius 3 is 2.19 bits per heavy atom. The number of halogens is 2. The van der Waals surface area contributed by atoms with E-state index in [9.17, 15) is 10.2 Å². The summed E-state index contributed by atoms with van der Waals surface area (Å²) in [6, 6.07) is 7.02. The largest absolute Gasteiger partial charge is 0.507 e. The van der Waals surface area contributed by atoms with Gasteiger partial charge in [0, 0.05) is 29.2 Å². The van der Waals surface area contributed by atoms with E-state index < -0.39 is 0 Å². The van der Waals surface area contributed by atoms with Crippen LogP contribution in [0.3, 0.4) is 0 Å². The molecule has 0 fully saturated rings. The topological polar surface area (TPSA) is 52.5 Å². The molecule has 0 saturated carbocycles. The first-order chi connectivity index (χ1) is 9.88. The number of benzene rings is 2. The van der Waals surface area contributed by atoms with E-state index in [4.69, 9.17) is 23.2 Å². The number of nitrogens with one attached hydrogen (secondary N) is 1. The number of aryl methyl sites for hydroxylation is 2. The summed E-state index contributed by atoms with van der Waals surface area (Å²) in [6.07, 6.45) is 0. The number of rotatable bonds is 4. The standard InChI is InChI=1S/C16H17Cl2NO2/c1-9-3-10(2)15(20)11(4-9)7-19-8-12-5-13(17)6-14(18)16(12)21/h3-6,19-21H,7-8H2,1-2H3. The molecule has 0 bridgehead atoms. The zero-order chi connectivity index (χ0) is 15.6. The van der Waals surface area contributed by atoms with Gasteiger partial charge in [-0.15, -0.1) is 0 Å². The Balaban J connectivity index is 2.09. The minimum absolute atomic E-state index is 0.0261. The Bertz CT molecular complexity index is 614. The van der Waals surface area contributed by atoms with Crippen LogP contribution >= 0.6 is 23.2 Å². The van der Waals surface area contributed by atoms with E-state index in [1.165, 1.54) is 6.07 Å². The number of phenols is 2. The predicted molar refractivity (Wildman–Crippen MR) is 86.3 cm³/mol. The maximum atomic E-state index is 10.0. The van der Waals surface area contributed by atoms with Crippen LogP contribution in [0.2, 0.25) is 10.0 Å². The van der Waals surface area contributed by atoms with Crippen molar-refractivity contribution in [3.8, 4) is 11.5 Å². The molecule has 2 aromatic carbocycles. The molecule has 0 unspecified atom stereocenters. The lowest BCUT2D eigenvalue weighted by Gasteiger charge is -2.12. The second kappa shape index (κ2) is 6.56. The number of hydrogen-bond donors (Lipinski definition) is 3. The van der Waals surface area contributed by atoms with Crippen LogP contribution in [0.4, 0.5) is 0 Å². The van der Waals surface area contributed by atoms with Crippen molar-refractivity contribution < 1.29 is 10.2 Å². The molecule has 0 aliphatic rings. The van der Waals surface area contributed by atoms with Crippen LogP contribution in [-0.4, -0.2) is 10.2 Å². The van der Waals surface area contributed by atoms with Gasteiger partial charge >= 0.3 is 0 Å². The highest BCUT2D eigenvalue weighted by atomic mass is 35.5. The fourth-order valence-corrected chi connectivity index (χ4v) is 2.80. The normalized spacial score (nSPS) is 10.9. The highest BCUT2D eigenvalue weighted by Crippen LogP contribution is 2.31. The first-order valence-corrected chi connectivity index (χ1v) is 7.30. The molecular weight excluding hydrogens is 309 g/mol. The van der Waals surface area contributed by atoms with E-state index >= 15 is 0 Å². The summed E-state index contributed by atoms with van der Waals surface area (Å²) < 4.78 is 0. The monoisotopic (exact) mass is 325 g/mol. The lowest BCUT2D eigenvalue weighted by Crippen LogP contribution is -2.13. The molecule has 0 aliphatic heterocycles. The third-order valence-corrected chi connectivity index (χ3v) is 3.77. The summed E-state index contributed by atoms with van der Waals surface area (Å²) in [7, 11) is 0. The van der Waals surface area contributed by atoms with Crippen molar-refractivity contribution >= 4 is 23.2 Å². The minimum atomic E-state index is 0.0261. The van der Waals surface area contributed by atoms with Gasteiger partial charge in [-0.05, 0) is 31.5 Å². The fraction of sp³-hybridized carbons (Fsp3) is 0.250. The van der Waals surface area contributed by atoms with E-state index in [0.717, 1.165) is 16.7 Å². The van der Waals surface area contributed by atoms with Gasteiger partial charge in [0.25, 0.3) is 0 Å². The van der Waals surface area contributed by atoms with Crippen molar-refractivity contribution in [2.24, 2.45) is 0 Å². The smallest absolute Gasteiger partial charge is 0.138 e.